The molecule has 0 atom stereocenters. The summed E-state index contributed by atoms with van der Waals surface area (Å²) in [6.45, 7) is 2.31. The number of methoxy groups -OCH3 is 1. The van der Waals surface area contributed by atoms with Crippen molar-refractivity contribution in [2.24, 2.45) is 5.92 Å². The van der Waals surface area contributed by atoms with E-state index in [9.17, 15) is 9.59 Å². The number of esters is 1. The Morgan fingerprint density at radius 1 is 1.18 bits per heavy atom. The number of rotatable bonds is 6. The van der Waals surface area contributed by atoms with Gasteiger partial charge in [0.15, 0.2) is 5.13 Å². The number of ether oxygens (including phenoxy) is 1. The lowest BCUT2D eigenvalue weighted by atomic mass is 9.84. The van der Waals surface area contributed by atoms with E-state index in [-0.39, 0.29) is 17.8 Å². The molecule has 28 heavy (non-hydrogen) atoms. The molecule has 0 aromatic carbocycles. The van der Waals surface area contributed by atoms with Crippen molar-refractivity contribution in [1.29, 1.82) is 0 Å². The van der Waals surface area contributed by atoms with Gasteiger partial charge in [-0.1, -0.05) is 37.5 Å². The highest BCUT2D eigenvalue weighted by Crippen LogP contribution is 2.34. The average Bonchev–Trinajstić information content (AvgIpc) is 3.16. The molecule has 1 aromatic heterocycles. The van der Waals surface area contributed by atoms with Gasteiger partial charge in [-0.3, -0.25) is 10.1 Å². The minimum absolute atomic E-state index is 0.00896. The van der Waals surface area contributed by atoms with E-state index in [1.54, 1.807) is 6.20 Å². The van der Waals surface area contributed by atoms with Crippen LogP contribution in [0.1, 0.15) is 64.7 Å². The molecule has 3 rings (SSSR count). The van der Waals surface area contributed by atoms with Crippen LogP contribution in [0.3, 0.4) is 0 Å². The summed E-state index contributed by atoms with van der Waals surface area (Å²) in [7, 11) is 1.38. The highest BCUT2D eigenvalue weighted by atomic mass is 32.2. The summed E-state index contributed by atoms with van der Waals surface area (Å²) < 4.78 is 5.56. The molecule has 8 heteroatoms. The van der Waals surface area contributed by atoms with Gasteiger partial charge in [0, 0.05) is 12.1 Å². The van der Waals surface area contributed by atoms with Gasteiger partial charge in [0.1, 0.15) is 0 Å². The van der Waals surface area contributed by atoms with E-state index in [2.05, 4.69) is 26.9 Å². The SMILES string of the molecule is COC(=O)CSc1cnc(NC(=O)N(C2CCCCC2)C2CCC(C)CC2)s1. The predicted molar refractivity (Wildman–Crippen MR) is 114 cm³/mol. The number of amides is 2. The summed E-state index contributed by atoms with van der Waals surface area (Å²) in [5.74, 6) is 0.750. The van der Waals surface area contributed by atoms with E-state index in [0.717, 1.165) is 35.8 Å². The monoisotopic (exact) mass is 425 g/mol. The second-order valence-electron chi connectivity index (χ2n) is 7.89. The van der Waals surface area contributed by atoms with E-state index in [4.69, 9.17) is 0 Å². The second kappa shape index (κ2) is 10.5. The number of anilines is 1. The van der Waals surface area contributed by atoms with Crippen molar-refractivity contribution in [3.05, 3.63) is 6.20 Å². The fourth-order valence-electron chi connectivity index (χ4n) is 4.24. The van der Waals surface area contributed by atoms with E-state index in [1.165, 1.54) is 62.3 Å². The number of aromatic nitrogens is 1. The topological polar surface area (TPSA) is 71.5 Å². The summed E-state index contributed by atoms with van der Waals surface area (Å²) in [6, 6.07) is 0.679. The Hall–Kier alpha value is -1.28. The van der Waals surface area contributed by atoms with Crippen LogP contribution >= 0.6 is 23.1 Å². The molecule has 0 radical (unpaired) electrons. The maximum absolute atomic E-state index is 13.2. The van der Waals surface area contributed by atoms with E-state index < -0.39 is 0 Å². The summed E-state index contributed by atoms with van der Waals surface area (Å²) in [5.41, 5.74) is 0. The molecule has 2 aliphatic carbocycles. The highest BCUT2D eigenvalue weighted by molar-refractivity contribution is 8.01. The smallest absolute Gasteiger partial charge is 0.324 e. The molecule has 1 aromatic rings. The Morgan fingerprint density at radius 3 is 2.54 bits per heavy atom. The molecule has 2 fully saturated rings. The number of urea groups is 1. The third-order valence-electron chi connectivity index (χ3n) is 5.84. The normalized spacial score (nSPS) is 23.2. The number of hydrogen-bond donors (Lipinski definition) is 1. The highest BCUT2D eigenvalue weighted by Gasteiger charge is 2.34. The van der Waals surface area contributed by atoms with Crippen molar-refractivity contribution in [2.45, 2.75) is 81.0 Å². The molecule has 2 amide bonds. The van der Waals surface area contributed by atoms with Crippen molar-refractivity contribution < 1.29 is 14.3 Å². The molecule has 156 valence electrons. The third kappa shape index (κ3) is 5.86. The van der Waals surface area contributed by atoms with E-state index >= 15 is 0 Å². The Bertz CT molecular complexity index is 653. The van der Waals surface area contributed by atoms with Crippen molar-refractivity contribution in [2.75, 3.05) is 18.2 Å². The predicted octanol–water partition coefficient (Wildman–Crippen LogP) is 5.15. The maximum Gasteiger partial charge on any atom is 0.324 e. The van der Waals surface area contributed by atoms with Crippen molar-refractivity contribution >= 4 is 40.2 Å². The lowest BCUT2D eigenvalue weighted by molar-refractivity contribution is -0.137. The van der Waals surface area contributed by atoms with Crippen LogP contribution in [0.2, 0.25) is 0 Å². The Balaban J connectivity index is 1.63. The lowest BCUT2D eigenvalue weighted by Gasteiger charge is -2.42. The molecule has 0 bridgehead atoms. The first-order valence-electron chi connectivity index (χ1n) is 10.3. The summed E-state index contributed by atoms with van der Waals surface area (Å²) in [6.07, 6.45) is 12.2. The second-order valence-corrected chi connectivity index (χ2v) is 10.2. The van der Waals surface area contributed by atoms with Crippen molar-refractivity contribution in [3.63, 3.8) is 0 Å². The maximum atomic E-state index is 13.2. The zero-order valence-corrected chi connectivity index (χ0v) is 18.4. The zero-order chi connectivity index (χ0) is 19.9. The molecule has 0 aliphatic heterocycles. The van der Waals surface area contributed by atoms with Gasteiger partial charge >= 0.3 is 12.0 Å². The van der Waals surface area contributed by atoms with Gasteiger partial charge in [0.05, 0.1) is 23.3 Å². The van der Waals surface area contributed by atoms with Gasteiger partial charge < -0.3 is 9.64 Å². The number of carbonyl (C=O) groups excluding carboxylic acids is 2. The Labute approximate surface area is 175 Å². The third-order valence-corrected chi connectivity index (χ3v) is 7.92. The zero-order valence-electron chi connectivity index (χ0n) is 16.8. The van der Waals surface area contributed by atoms with Crippen LogP contribution in [0.25, 0.3) is 0 Å². The first kappa shape index (κ1) is 21.4. The van der Waals surface area contributed by atoms with Crippen LogP contribution in [0.4, 0.5) is 9.93 Å². The minimum Gasteiger partial charge on any atom is -0.468 e. The molecule has 0 spiro atoms. The largest absolute Gasteiger partial charge is 0.468 e. The fourth-order valence-corrected chi connectivity index (χ4v) is 5.93. The van der Waals surface area contributed by atoms with Crippen LogP contribution in [0.15, 0.2) is 10.4 Å². The molecule has 2 saturated carbocycles. The van der Waals surface area contributed by atoms with E-state index in [0.29, 0.717) is 17.2 Å². The first-order chi connectivity index (χ1) is 13.6. The number of nitrogens with zero attached hydrogens (tertiary/aromatic N) is 2. The molecule has 2 aliphatic rings. The molecule has 0 saturated heterocycles. The van der Waals surface area contributed by atoms with E-state index in [1.807, 2.05) is 0 Å². The van der Waals surface area contributed by atoms with Gasteiger partial charge in [-0.05, 0) is 44.4 Å². The molecule has 0 unspecified atom stereocenters. The number of thiazole rings is 1. The van der Waals surface area contributed by atoms with Gasteiger partial charge in [0.25, 0.3) is 0 Å². The van der Waals surface area contributed by atoms with Gasteiger partial charge in [-0.2, -0.15) is 0 Å². The Morgan fingerprint density at radius 2 is 1.86 bits per heavy atom. The number of thioether (sulfide) groups is 1. The summed E-state index contributed by atoms with van der Waals surface area (Å²) in [5, 5.41) is 3.63. The van der Waals surface area contributed by atoms with Crippen molar-refractivity contribution in [3.8, 4) is 0 Å². The number of nitrogens with one attached hydrogen (secondary N) is 1. The minimum atomic E-state index is -0.265. The van der Waals surface area contributed by atoms with Crippen molar-refractivity contribution in [1.82, 2.24) is 9.88 Å². The number of hydrogen-bond acceptors (Lipinski definition) is 6. The van der Waals surface area contributed by atoms with Gasteiger partial charge in [-0.25, -0.2) is 9.78 Å². The summed E-state index contributed by atoms with van der Waals surface area (Å²) in [4.78, 5) is 31.0. The van der Waals surface area contributed by atoms with Crippen LogP contribution in [0, 0.1) is 5.92 Å². The molecule has 1 heterocycles. The van der Waals surface area contributed by atoms with Crippen LogP contribution < -0.4 is 5.32 Å². The first-order valence-corrected chi connectivity index (χ1v) is 12.1. The standard InChI is InChI=1S/C20H31N3O3S2/c1-14-8-10-16(11-9-14)23(15-6-4-3-5-7-15)20(25)22-19-21-12-18(28-19)27-13-17(24)26-2/h12,14-16H,3-11,13H2,1-2H3,(H,21,22,25). The quantitative estimate of drug-likeness (QED) is 0.504. The van der Waals surface area contributed by atoms with Crippen LogP contribution in [0.5, 0.6) is 0 Å². The molecule has 6 nitrogen and oxygen atoms in total. The molecular formula is C20H31N3O3S2. The fraction of sp³-hybridized carbons (Fsp3) is 0.750. The molecular weight excluding hydrogens is 394 g/mol. The number of carbonyl (C=O) groups is 2. The lowest BCUT2D eigenvalue weighted by Crippen LogP contribution is -2.51. The average molecular weight is 426 g/mol. The molecule has 1 N–H and O–H groups in total. The van der Waals surface area contributed by atoms with Crippen LogP contribution in [-0.4, -0.2) is 46.8 Å². The van der Waals surface area contributed by atoms with Gasteiger partial charge in [0.2, 0.25) is 0 Å². The van der Waals surface area contributed by atoms with Crippen LogP contribution in [-0.2, 0) is 9.53 Å². The summed E-state index contributed by atoms with van der Waals surface area (Å²) >= 11 is 2.79. The Kier molecular flexibility index (Phi) is 8.02. The van der Waals surface area contributed by atoms with Gasteiger partial charge in [-0.15, -0.1) is 11.8 Å².